The van der Waals surface area contributed by atoms with Crippen LogP contribution in [0.2, 0.25) is 0 Å². The number of ether oxygens (including phenoxy) is 2. The third-order valence-electron chi connectivity index (χ3n) is 0.986. The minimum Gasteiger partial charge on any atom is -0.385 e. The van der Waals surface area contributed by atoms with Gasteiger partial charge in [0, 0.05) is 20.3 Å². The maximum absolute atomic E-state index is 5.22. The van der Waals surface area contributed by atoms with Crippen LogP contribution < -0.4 is 0 Å². The Kier molecular flexibility index (Phi) is 47.9. The molecule has 2 heteroatoms. The minimum atomic E-state index is 0. The van der Waals surface area contributed by atoms with Crippen LogP contribution in [0.5, 0.6) is 0 Å². The summed E-state index contributed by atoms with van der Waals surface area (Å²) in [6, 6.07) is 0. The van der Waals surface area contributed by atoms with Gasteiger partial charge in [0.2, 0.25) is 0 Å². The number of hydrogen-bond acceptors (Lipinski definition) is 2. The van der Waals surface area contributed by atoms with Crippen molar-refractivity contribution in [3.05, 3.63) is 12.2 Å². The normalized spacial score (nSPS) is 7.00. The SMILES string of the molecule is C.C.C.C.C=C(C)COCCCOC. The summed E-state index contributed by atoms with van der Waals surface area (Å²) in [6.45, 7) is 7.88. The highest BCUT2D eigenvalue weighted by molar-refractivity contribution is 4.87. The zero-order chi connectivity index (χ0) is 7.82. The van der Waals surface area contributed by atoms with Crippen molar-refractivity contribution in [1.29, 1.82) is 0 Å². The molecule has 0 spiro atoms. The minimum absolute atomic E-state index is 0. The van der Waals surface area contributed by atoms with Gasteiger partial charge in [-0.25, -0.2) is 0 Å². The van der Waals surface area contributed by atoms with Crippen LogP contribution in [0.3, 0.4) is 0 Å². The van der Waals surface area contributed by atoms with E-state index in [1.165, 1.54) is 0 Å². The maximum atomic E-state index is 5.22. The molecular weight excluding hydrogens is 176 g/mol. The molecule has 0 bridgehead atoms. The molecule has 0 aliphatic rings. The predicted octanol–water partition coefficient (Wildman–Crippen LogP) is 4.16. The molecule has 0 aromatic heterocycles. The van der Waals surface area contributed by atoms with Crippen LogP contribution in [0.25, 0.3) is 0 Å². The van der Waals surface area contributed by atoms with Crippen molar-refractivity contribution in [2.24, 2.45) is 0 Å². The Morgan fingerprint density at radius 3 is 1.93 bits per heavy atom. The first-order chi connectivity index (χ1) is 4.77. The van der Waals surface area contributed by atoms with Crippen LogP contribution in [0, 0.1) is 0 Å². The molecule has 0 unspecified atom stereocenters. The van der Waals surface area contributed by atoms with Crippen molar-refractivity contribution in [2.45, 2.75) is 43.1 Å². The number of rotatable bonds is 6. The zero-order valence-electron chi connectivity index (χ0n) is 6.85. The topological polar surface area (TPSA) is 18.5 Å². The van der Waals surface area contributed by atoms with Crippen molar-refractivity contribution < 1.29 is 9.47 Å². The van der Waals surface area contributed by atoms with E-state index in [-0.39, 0.29) is 29.7 Å². The lowest BCUT2D eigenvalue weighted by molar-refractivity contribution is 0.117. The van der Waals surface area contributed by atoms with Gasteiger partial charge < -0.3 is 9.47 Å². The number of hydrogen-bond donors (Lipinski definition) is 0. The number of methoxy groups -OCH3 is 1. The zero-order valence-corrected chi connectivity index (χ0v) is 6.85. The molecule has 0 aliphatic heterocycles. The van der Waals surface area contributed by atoms with E-state index in [2.05, 4.69) is 6.58 Å². The first-order valence-electron chi connectivity index (χ1n) is 3.48. The highest BCUT2D eigenvalue weighted by atomic mass is 16.5. The van der Waals surface area contributed by atoms with E-state index in [0.717, 1.165) is 25.2 Å². The van der Waals surface area contributed by atoms with Crippen LogP contribution in [-0.2, 0) is 9.47 Å². The van der Waals surface area contributed by atoms with Gasteiger partial charge in [-0.3, -0.25) is 0 Å². The Labute approximate surface area is 92.3 Å². The molecule has 0 aliphatic carbocycles. The van der Waals surface area contributed by atoms with Crippen molar-refractivity contribution in [2.75, 3.05) is 26.9 Å². The van der Waals surface area contributed by atoms with Gasteiger partial charge in [0.15, 0.2) is 0 Å². The molecule has 0 amide bonds. The Bertz CT molecular complexity index is 90.3. The summed E-state index contributed by atoms with van der Waals surface area (Å²) >= 11 is 0. The van der Waals surface area contributed by atoms with Gasteiger partial charge in [0.1, 0.15) is 0 Å². The first kappa shape index (κ1) is 29.2. The lowest BCUT2D eigenvalue weighted by Crippen LogP contribution is -2.00. The van der Waals surface area contributed by atoms with E-state index in [1.807, 2.05) is 6.92 Å². The summed E-state index contributed by atoms with van der Waals surface area (Å²) in [5.74, 6) is 0. The summed E-state index contributed by atoms with van der Waals surface area (Å²) in [5, 5.41) is 0. The summed E-state index contributed by atoms with van der Waals surface area (Å²) in [7, 11) is 1.69. The Hall–Kier alpha value is -0.340. The van der Waals surface area contributed by atoms with E-state index < -0.39 is 0 Å². The summed E-state index contributed by atoms with van der Waals surface area (Å²) in [4.78, 5) is 0. The molecule has 92 valence electrons. The molecule has 0 saturated carbocycles. The molecule has 0 aromatic rings. The highest BCUT2D eigenvalue weighted by Gasteiger charge is 1.87. The van der Waals surface area contributed by atoms with Crippen LogP contribution in [0.1, 0.15) is 43.1 Å². The Morgan fingerprint density at radius 1 is 1.07 bits per heavy atom. The summed E-state index contributed by atoms with van der Waals surface area (Å²) < 4.78 is 10.1. The van der Waals surface area contributed by atoms with Crippen LogP contribution in [0.4, 0.5) is 0 Å². The van der Waals surface area contributed by atoms with E-state index in [9.17, 15) is 0 Å². The van der Waals surface area contributed by atoms with Gasteiger partial charge >= 0.3 is 0 Å². The second-order valence-electron chi connectivity index (χ2n) is 2.36. The smallest absolute Gasteiger partial charge is 0.0671 e. The molecule has 0 aromatic carbocycles. The molecule has 0 rings (SSSR count). The molecule has 0 radical (unpaired) electrons. The average molecular weight is 208 g/mol. The van der Waals surface area contributed by atoms with Crippen molar-refractivity contribution in [1.82, 2.24) is 0 Å². The molecule has 0 atom stereocenters. The fourth-order valence-corrected chi connectivity index (χ4v) is 0.552. The quantitative estimate of drug-likeness (QED) is 0.482. The predicted molar refractivity (Wildman–Crippen MR) is 69.1 cm³/mol. The molecule has 0 heterocycles. The average Bonchev–Trinajstić information content (AvgIpc) is 1.87. The molecule has 0 N–H and O–H groups in total. The summed E-state index contributed by atoms with van der Waals surface area (Å²) in [6.07, 6.45) is 0.962. The van der Waals surface area contributed by atoms with Gasteiger partial charge in [0.05, 0.1) is 6.61 Å². The van der Waals surface area contributed by atoms with Gasteiger partial charge in [-0.15, -0.1) is 0 Å². The molecule has 14 heavy (non-hydrogen) atoms. The third-order valence-corrected chi connectivity index (χ3v) is 0.986. The van der Waals surface area contributed by atoms with Gasteiger partial charge in [-0.05, 0) is 13.3 Å². The second kappa shape index (κ2) is 23.0. The van der Waals surface area contributed by atoms with E-state index in [1.54, 1.807) is 7.11 Å². The Balaban J connectivity index is -0.0000000675. The molecular formula is C12H32O2. The van der Waals surface area contributed by atoms with Crippen molar-refractivity contribution in [3.63, 3.8) is 0 Å². The lowest BCUT2D eigenvalue weighted by Gasteiger charge is -2.01. The molecule has 0 fully saturated rings. The standard InChI is InChI=1S/C8H16O2.4CH4/c1-8(2)7-10-6-4-5-9-3;;;;/h1,4-7H2,2-3H3;4*1H4. The second-order valence-corrected chi connectivity index (χ2v) is 2.36. The van der Waals surface area contributed by atoms with Gasteiger partial charge in [-0.2, -0.15) is 0 Å². The molecule has 0 saturated heterocycles. The van der Waals surface area contributed by atoms with Crippen LogP contribution in [-0.4, -0.2) is 26.9 Å². The summed E-state index contributed by atoms with van der Waals surface area (Å²) in [5.41, 5.74) is 1.07. The lowest BCUT2D eigenvalue weighted by atomic mass is 10.4. The van der Waals surface area contributed by atoms with E-state index in [4.69, 9.17) is 9.47 Å². The van der Waals surface area contributed by atoms with Crippen molar-refractivity contribution in [3.8, 4) is 0 Å². The van der Waals surface area contributed by atoms with Gasteiger partial charge in [-0.1, -0.05) is 41.9 Å². The third kappa shape index (κ3) is 29.9. The highest BCUT2D eigenvalue weighted by Crippen LogP contribution is 1.89. The molecule has 2 nitrogen and oxygen atoms in total. The van der Waals surface area contributed by atoms with Crippen molar-refractivity contribution >= 4 is 0 Å². The monoisotopic (exact) mass is 208 g/mol. The van der Waals surface area contributed by atoms with Crippen LogP contribution in [0.15, 0.2) is 12.2 Å². The Morgan fingerprint density at radius 2 is 1.57 bits per heavy atom. The van der Waals surface area contributed by atoms with E-state index >= 15 is 0 Å². The van der Waals surface area contributed by atoms with Crippen LogP contribution >= 0.6 is 0 Å². The van der Waals surface area contributed by atoms with E-state index in [0.29, 0.717) is 6.61 Å². The largest absolute Gasteiger partial charge is 0.385 e. The first-order valence-corrected chi connectivity index (χ1v) is 3.48. The fraction of sp³-hybridized carbons (Fsp3) is 0.833. The van der Waals surface area contributed by atoms with Gasteiger partial charge in [0.25, 0.3) is 0 Å². The fourth-order valence-electron chi connectivity index (χ4n) is 0.552. The maximum Gasteiger partial charge on any atom is 0.0671 e.